The maximum Gasteiger partial charge on any atom is 0.308 e. The summed E-state index contributed by atoms with van der Waals surface area (Å²) in [7, 11) is 0. The van der Waals surface area contributed by atoms with Crippen molar-refractivity contribution in [3.05, 3.63) is 102 Å². The maximum absolute atomic E-state index is 14.3. The molecule has 0 bridgehead atoms. The molecule has 7 nitrogen and oxygen atoms in total. The van der Waals surface area contributed by atoms with Gasteiger partial charge in [-0.05, 0) is 43.7 Å². The molecule has 2 fully saturated rings. The summed E-state index contributed by atoms with van der Waals surface area (Å²) in [5.74, 6) is -0.718. The molecule has 46 heavy (non-hydrogen) atoms. The summed E-state index contributed by atoms with van der Waals surface area (Å²) in [6.45, 7) is 6.42. The molecule has 0 unspecified atom stereocenters. The van der Waals surface area contributed by atoms with Crippen LogP contribution in [0.15, 0.2) is 84.9 Å². The number of nitrogens with one attached hydrogen (secondary N) is 1. The fourth-order valence-electron chi connectivity index (χ4n) is 7.32. The zero-order chi connectivity index (χ0) is 31.9. The average molecular weight is 619 g/mol. The van der Waals surface area contributed by atoms with E-state index in [1.807, 2.05) is 72.8 Å². The molecular weight excluding hydrogens is 572 g/mol. The van der Waals surface area contributed by atoms with E-state index in [4.69, 9.17) is 4.98 Å². The summed E-state index contributed by atoms with van der Waals surface area (Å²) >= 11 is 0. The number of para-hydroxylation sites is 1. The van der Waals surface area contributed by atoms with E-state index in [2.05, 4.69) is 34.2 Å². The number of carboxylic acid groups (broad SMARTS) is 1. The molecule has 1 aromatic heterocycles. The minimum atomic E-state index is -0.751. The van der Waals surface area contributed by atoms with Crippen molar-refractivity contribution in [3.8, 4) is 11.3 Å². The fraction of sp³-hybridized carbons (Fsp3) is 0.410. The molecule has 0 radical (unpaired) electrons. The quantitative estimate of drug-likeness (QED) is 0.196. The number of aromatic nitrogens is 1. The zero-order valence-electron chi connectivity index (χ0n) is 26.9. The third-order valence-corrected chi connectivity index (χ3v) is 9.98. The van der Waals surface area contributed by atoms with Crippen molar-refractivity contribution in [1.82, 2.24) is 20.1 Å². The van der Waals surface area contributed by atoms with E-state index in [0.717, 1.165) is 65.0 Å². The highest BCUT2D eigenvalue weighted by atomic mass is 16.4. The second-order valence-corrected chi connectivity index (χ2v) is 13.2. The van der Waals surface area contributed by atoms with Crippen LogP contribution < -0.4 is 5.32 Å². The SMILES string of the molecule is C[C@H](NC(=O)c1c(CN2CCN(C[C@H](Cc3ccccc3)C(=O)O)CC2)c(-c2ccccc2)nc2ccccc12)C1CCCCC1. The minimum absolute atomic E-state index is 0.0206. The van der Waals surface area contributed by atoms with Gasteiger partial charge in [0.25, 0.3) is 5.91 Å². The average Bonchev–Trinajstić information content (AvgIpc) is 3.09. The smallest absolute Gasteiger partial charge is 0.308 e. The number of carbonyl (C=O) groups is 2. The van der Waals surface area contributed by atoms with E-state index in [0.29, 0.717) is 25.4 Å². The first-order valence-electron chi connectivity index (χ1n) is 17.0. The number of fused-ring (bicyclic) bond motifs is 1. The van der Waals surface area contributed by atoms with Crippen LogP contribution in [0, 0.1) is 11.8 Å². The number of hydrogen-bond donors (Lipinski definition) is 2. The summed E-state index contributed by atoms with van der Waals surface area (Å²) in [4.78, 5) is 36.3. The molecule has 0 spiro atoms. The number of nitrogens with zero attached hydrogens (tertiary/aromatic N) is 3. The number of carbonyl (C=O) groups excluding carboxylic acids is 1. The van der Waals surface area contributed by atoms with Gasteiger partial charge < -0.3 is 10.4 Å². The van der Waals surface area contributed by atoms with Gasteiger partial charge in [-0.2, -0.15) is 0 Å². The van der Waals surface area contributed by atoms with Crippen LogP contribution in [0.5, 0.6) is 0 Å². The monoisotopic (exact) mass is 618 g/mol. The first-order valence-corrected chi connectivity index (χ1v) is 17.0. The Hall–Kier alpha value is -4.07. The van der Waals surface area contributed by atoms with E-state index < -0.39 is 11.9 Å². The van der Waals surface area contributed by atoms with Crippen molar-refractivity contribution < 1.29 is 14.7 Å². The third kappa shape index (κ3) is 7.65. The normalized spacial score (nSPS) is 17.8. The molecule has 7 heteroatoms. The van der Waals surface area contributed by atoms with Crippen molar-refractivity contribution in [3.63, 3.8) is 0 Å². The van der Waals surface area contributed by atoms with Gasteiger partial charge in [-0.3, -0.25) is 19.4 Å². The molecule has 2 atom stereocenters. The predicted octanol–water partition coefficient (Wildman–Crippen LogP) is 6.66. The number of aliphatic carboxylic acids is 1. The number of amides is 1. The number of benzene rings is 3. The summed E-state index contributed by atoms with van der Waals surface area (Å²) in [5.41, 5.74) is 5.41. The van der Waals surface area contributed by atoms with Crippen LogP contribution in [0.3, 0.4) is 0 Å². The molecule has 3 aromatic carbocycles. The Morgan fingerprint density at radius 3 is 2.17 bits per heavy atom. The predicted molar refractivity (Wildman–Crippen MR) is 184 cm³/mol. The highest BCUT2D eigenvalue weighted by molar-refractivity contribution is 6.09. The Balaban J connectivity index is 1.25. The molecule has 6 rings (SSSR count). The third-order valence-electron chi connectivity index (χ3n) is 9.98. The number of rotatable bonds is 11. The molecule has 1 amide bonds. The van der Waals surface area contributed by atoms with Crippen LogP contribution in [0.25, 0.3) is 22.2 Å². The lowest BCUT2D eigenvalue weighted by molar-refractivity contribution is -0.142. The molecule has 1 aliphatic heterocycles. The molecule has 2 aliphatic rings. The topological polar surface area (TPSA) is 85.8 Å². The van der Waals surface area contributed by atoms with E-state index >= 15 is 0 Å². The lowest BCUT2D eigenvalue weighted by Gasteiger charge is -2.36. The van der Waals surface area contributed by atoms with Crippen molar-refractivity contribution in [1.29, 1.82) is 0 Å². The van der Waals surface area contributed by atoms with Gasteiger partial charge in [-0.15, -0.1) is 0 Å². The molecule has 240 valence electrons. The second kappa shape index (κ2) is 15.0. The van der Waals surface area contributed by atoms with Crippen molar-refractivity contribution >= 4 is 22.8 Å². The largest absolute Gasteiger partial charge is 0.481 e. The number of carboxylic acids is 1. The minimum Gasteiger partial charge on any atom is -0.481 e. The highest BCUT2D eigenvalue weighted by Crippen LogP contribution is 2.33. The van der Waals surface area contributed by atoms with E-state index in [-0.39, 0.29) is 11.9 Å². The first-order chi connectivity index (χ1) is 22.5. The van der Waals surface area contributed by atoms with Crippen molar-refractivity contribution in [2.45, 2.75) is 58.0 Å². The number of hydrogen-bond acceptors (Lipinski definition) is 5. The van der Waals surface area contributed by atoms with Crippen LogP contribution in [0.1, 0.15) is 60.5 Å². The van der Waals surface area contributed by atoms with Crippen LogP contribution in [-0.2, 0) is 17.8 Å². The highest BCUT2D eigenvalue weighted by Gasteiger charge is 2.29. The van der Waals surface area contributed by atoms with Crippen LogP contribution in [-0.4, -0.2) is 70.5 Å². The van der Waals surface area contributed by atoms with E-state index in [9.17, 15) is 14.7 Å². The van der Waals surface area contributed by atoms with E-state index in [1.54, 1.807) is 0 Å². The summed E-state index contributed by atoms with van der Waals surface area (Å²) in [6.07, 6.45) is 6.61. The zero-order valence-corrected chi connectivity index (χ0v) is 26.9. The fourth-order valence-corrected chi connectivity index (χ4v) is 7.32. The van der Waals surface area contributed by atoms with Gasteiger partial charge in [0.05, 0.1) is 22.7 Å². The molecule has 2 N–H and O–H groups in total. The Bertz CT molecular complexity index is 1610. The number of pyridine rings is 1. The van der Waals surface area contributed by atoms with Crippen LogP contribution >= 0.6 is 0 Å². The lowest BCUT2D eigenvalue weighted by Crippen LogP contribution is -2.48. The first kappa shape index (κ1) is 31.9. The van der Waals surface area contributed by atoms with Gasteiger partial charge in [-0.25, -0.2) is 4.98 Å². The Labute approximate surface area is 272 Å². The Morgan fingerprint density at radius 1 is 0.848 bits per heavy atom. The molecule has 1 saturated heterocycles. The van der Waals surface area contributed by atoms with Crippen LogP contribution in [0.4, 0.5) is 0 Å². The lowest BCUT2D eigenvalue weighted by atomic mass is 9.84. The summed E-state index contributed by atoms with van der Waals surface area (Å²) in [6, 6.07) is 28.2. The van der Waals surface area contributed by atoms with Crippen molar-refractivity contribution in [2.24, 2.45) is 11.8 Å². The molecule has 1 aliphatic carbocycles. The molecule has 2 heterocycles. The van der Waals surface area contributed by atoms with Gasteiger partial charge >= 0.3 is 5.97 Å². The van der Waals surface area contributed by atoms with Gasteiger partial charge in [0.2, 0.25) is 0 Å². The van der Waals surface area contributed by atoms with Gasteiger partial charge in [0.15, 0.2) is 0 Å². The number of piperazine rings is 1. The van der Waals surface area contributed by atoms with Crippen LogP contribution in [0.2, 0.25) is 0 Å². The second-order valence-electron chi connectivity index (χ2n) is 13.2. The summed E-state index contributed by atoms with van der Waals surface area (Å²) in [5, 5.41) is 14.3. The van der Waals surface area contributed by atoms with Gasteiger partial charge in [0, 0.05) is 61.8 Å². The standard InChI is InChI=1S/C39H46N4O3/c1-28(30-15-7-3-8-16-30)40-38(44)36-33-19-11-12-20-35(33)41-37(31-17-9-4-10-18-31)34(36)27-43-23-21-42(22-24-43)26-32(39(45)46)25-29-13-5-2-6-14-29/h2,4-6,9-14,17-20,28,30,32H,3,7-8,15-16,21-27H2,1H3,(H,40,44)(H,45,46)/t28-,32-/m0/s1. The van der Waals surface area contributed by atoms with Gasteiger partial charge in [-0.1, -0.05) is 98.1 Å². The molecular formula is C39H46N4O3. The van der Waals surface area contributed by atoms with E-state index in [1.165, 1.54) is 32.1 Å². The Kier molecular flexibility index (Phi) is 10.4. The Morgan fingerprint density at radius 2 is 1.48 bits per heavy atom. The van der Waals surface area contributed by atoms with Gasteiger partial charge in [0.1, 0.15) is 0 Å². The molecule has 1 saturated carbocycles. The summed E-state index contributed by atoms with van der Waals surface area (Å²) < 4.78 is 0. The molecule has 4 aromatic rings. The maximum atomic E-state index is 14.3. The van der Waals surface area contributed by atoms with Crippen molar-refractivity contribution in [2.75, 3.05) is 32.7 Å².